The minimum atomic E-state index is -0.0400. The molecule has 2 heterocycles. The molecule has 1 saturated carbocycles. The highest BCUT2D eigenvalue weighted by Crippen LogP contribution is 2.30. The number of fused-ring (bicyclic) bond motifs is 1. The summed E-state index contributed by atoms with van der Waals surface area (Å²) < 4.78 is 7.37. The highest BCUT2D eigenvalue weighted by molar-refractivity contribution is 7.99. The molecule has 1 aromatic rings. The maximum absolute atomic E-state index is 12.4. The first-order valence-electron chi connectivity index (χ1n) is 7.40. The average molecular weight is 295 g/mol. The van der Waals surface area contributed by atoms with Gasteiger partial charge in [-0.05, 0) is 18.6 Å². The van der Waals surface area contributed by atoms with E-state index < -0.39 is 0 Å². The van der Waals surface area contributed by atoms with Gasteiger partial charge < -0.3 is 10.1 Å². The molecule has 1 amide bonds. The van der Waals surface area contributed by atoms with E-state index in [1.807, 2.05) is 11.8 Å². The fourth-order valence-electron chi connectivity index (χ4n) is 2.98. The Morgan fingerprint density at radius 1 is 1.55 bits per heavy atom. The second kappa shape index (κ2) is 6.08. The number of hydrogen-bond donors (Lipinski definition) is 1. The Morgan fingerprint density at radius 2 is 2.45 bits per heavy atom. The van der Waals surface area contributed by atoms with E-state index >= 15 is 0 Å². The lowest BCUT2D eigenvalue weighted by Crippen LogP contribution is -2.39. The molecular weight excluding hydrogens is 274 g/mol. The molecule has 0 spiro atoms. The van der Waals surface area contributed by atoms with E-state index in [0.717, 1.165) is 25.1 Å². The molecule has 2 aliphatic rings. The molecule has 0 saturated heterocycles. The van der Waals surface area contributed by atoms with E-state index in [4.69, 9.17) is 4.74 Å². The SMILES string of the molecule is CCSC1CCCC1NC(=O)c1cnn2c1OCCC2. The molecule has 1 N–H and O–H groups in total. The van der Waals surface area contributed by atoms with Crippen molar-refractivity contribution < 1.29 is 9.53 Å². The monoisotopic (exact) mass is 295 g/mol. The maximum atomic E-state index is 12.4. The number of ether oxygens (including phenoxy) is 1. The van der Waals surface area contributed by atoms with Crippen LogP contribution in [0, 0.1) is 0 Å². The third-order valence-corrected chi connectivity index (χ3v) is 5.26. The van der Waals surface area contributed by atoms with Crippen molar-refractivity contribution in [2.24, 2.45) is 0 Å². The van der Waals surface area contributed by atoms with Gasteiger partial charge in [0.2, 0.25) is 5.88 Å². The van der Waals surface area contributed by atoms with Crippen molar-refractivity contribution >= 4 is 17.7 Å². The molecule has 110 valence electrons. The molecule has 1 aliphatic carbocycles. The van der Waals surface area contributed by atoms with Gasteiger partial charge in [0.05, 0.1) is 12.8 Å². The highest BCUT2D eigenvalue weighted by Gasteiger charge is 2.30. The lowest BCUT2D eigenvalue weighted by Gasteiger charge is -2.21. The molecular formula is C14H21N3O2S. The summed E-state index contributed by atoms with van der Waals surface area (Å²) in [5.41, 5.74) is 0.580. The Kier molecular flexibility index (Phi) is 4.19. The van der Waals surface area contributed by atoms with Crippen LogP contribution in [-0.2, 0) is 6.54 Å². The second-order valence-corrected chi connectivity index (χ2v) is 6.81. The Morgan fingerprint density at radius 3 is 3.30 bits per heavy atom. The topological polar surface area (TPSA) is 56.2 Å². The van der Waals surface area contributed by atoms with Crippen molar-refractivity contribution in [3.05, 3.63) is 11.8 Å². The summed E-state index contributed by atoms with van der Waals surface area (Å²) in [7, 11) is 0. The molecule has 2 unspecified atom stereocenters. The normalized spacial score (nSPS) is 25.1. The first-order valence-corrected chi connectivity index (χ1v) is 8.45. The number of rotatable bonds is 4. The zero-order chi connectivity index (χ0) is 13.9. The smallest absolute Gasteiger partial charge is 0.258 e. The third-order valence-electron chi connectivity index (χ3n) is 3.94. The van der Waals surface area contributed by atoms with E-state index in [1.54, 1.807) is 10.9 Å². The fraction of sp³-hybridized carbons (Fsp3) is 0.714. The van der Waals surface area contributed by atoms with Crippen LogP contribution in [0.15, 0.2) is 6.20 Å². The average Bonchev–Trinajstić information content (AvgIpc) is 3.06. The molecule has 0 bridgehead atoms. The van der Waals surface area contributed by atoms with E-state index in [2.05, 4.69) is 17.3 Å². The summed E-state index contributed by atoms with van der Waals surface area (Å²) in [6.45, 7) is 3.67. The van der Waals surface area contributed by atoms with Crippen molar-refractivity contribution in [2.45, 2.75) is 50.4 Å². The van der Waals surface area contributed by atoms with Gasteiger partial charge in [0.1, 0.15) is 5.56 Å². The Hall–Kier alpha value is -1.17. The van der Waals surface area contributed by atoms with Crippen molar-refractivity contribution in [3.63, 3.8) is 0 Å². The summed E-state index contributed by atoms with van der Waals surface area (Å²) in [6, 6.07) is 0.284. The molecule has 6 heteroatoms. The Bertz CT molecular complexity index is 489. The van der Waals surface area contributed by atoms with Gasteiger partial charge in [-0.2, -0.15) is 16.9 Å². The minimum Gasteiger partial charge on any atom is -0.477 e. The zero-order valence-electron chi connectivity index (χ0n) is 11.8. The van der Waals surface area contributed by atoms with E-state index in [9.17, 15) is 4.79 Å². The quantitative estimate of drug-likeness (QED) is 0.924. The van der Waals surface area contributed by atoms with Crippen molar-refractivity contribution in [1.82, 2.24) is 15.1 Å². The maximum Gasteiger partial charge on any atom is 0.258 e. The number of hydrogen-bond acceptors (Lipinski definition) is 4. The number of aryl methyl sites for hydroxylation is 1. The summed E-state index contributed by atoms with van der Waals surface area (Å²) in [4.78, 5) is 12.4. The van der Waals surface area contributed by atoms with Gasteiger partial charge in [-0.1, -0.05) is 13.3 Å². The lowest BCUT2D eigenvalue weighted by molar-refractivity contribution is 0.0932. The van der Waals surface area contributed by atoms with Gasteiger partial charge in [0.15, 0.2) is 0 Å². The summed E-state index contributed by atoms with van der Waals surface area (Å²) in [5.74, 6) is 1.69. The van der Waals surface area contributed by atoms with E-state index in [0.29, 0.717) is 23.3 Å². The standard InChI is InChI=1S/C14H21N3O2S/c1-2-20-12-6-3-5-11(12)16-13(18)10-9-15-17-7-4-8-19-14(10)17/h9,11-12H,2-8H2,1H3,(H,16,18). The zero-order valence-corrected chi connectivity index (χ0v) is 12.6. The van der Waals surface area contributed by atoms with Gasteiger partial charge in [0.25, 0.3) is 5.91 Å². The first-order chi connectivity index (χ1) is 9.79. The Labute approximate surface area is 123 Å². The van der Waals surface area contributed by atoms with Crippen LogP contribution in [0.4, 0.5) is 0 Å². The fourth-order valence-corrected chi connectivity index (χ4v) is 4.17. The molecule has 2 atom stereocenters. The van der Waals surface area contributed by atoms with Crippen LogP contribution in [0.5, 0.6) is 5.88 Å². The van der Waals surface area contributed by atoms with Gasteiger partial charge in [-0.25, -0.2) is 4.68 Å². The molecule has 5 nitrogen and oxygen atoms in total. The van der Waals surface area contributed by atoms with Crippen molar-refractivity contribution in [2.75, 3.05) is 12.4 Å². The van der Waals surface area contributed by atoms with Crippen LogP contribution >= 0.6 is 11.8 Å². The van der Waals surface area contributed by atoms with Crippen LogP contribution in [0.2, 0.25) is 0 Å². The van der Waals surface area contributed by atoms with Gasteiger partial charge in [0, 0.05) is 24.3 Å². The number of carbonyl (C=O) groups excluding carboxylic acids is 1. The molecule has 3 rings (SSSR count). The molecule has 0 aromatic carbocycles. The number of nitrogens with one attached hydrogen (secondary N) is 1. The van der Waals surface area contributed by atoms with Crippen LogP contribution < -0.4 is 10.1 Å². The highest BCUT2D eigenvalue weighted by atomic mass is 32.2. The number of thioether (sulfide) groups is 1. The molecule has 1 aliphatic heterocycles. The van der Waals surface area contributed by atoms with Gasteiger partial charge in [-0.15, -0.1) is 0 Å². The van der Waals surface area contributed by atoms with Crippen LogP contribution in [0.3, 0.4) is 0 Å². The molecule has 1 aromatic heterocycles. The van der Waals surface area contributed by atoms with Gasteiger partial charge >= 0.3 is 0 Å². The van der Waals surface area contributed by atoms with Crippen molar-refractivity contribution in [1.29, 1.82) is 0 Å². The number of amides is 1. The summed E-state index contributed by atoms with van der Waals surface area (Å²) in [5, 5.41) is 7.96. The predicted octanol–water partition coefficient (Wildman–Crippen LogP) is 2.07. The molecule has 20 heavy (non-hydrogen) atoms. The molecule has 1 fully saturated rings. The lowest BCUT2D eigenvalue weighted by atomic mass is 10.2. The van der Waals surface area contributed by atoms with Crippen LogP contribution in [-0.4, -0.2) is 39.3 Å². The summed E-state index contributed by atoms with van der Waals surface area (Å²) >= 11 is 1.95. The summed E-state index contributed by atoms with van der Waals surface area (Å²) in [6.07, 6.45) is 6.06. The Balaban J connectivity index is 1.68. The first kappa shape index (κ1) is 13.8. The largest absolute Gasteiger partial charge is 0.477 e. The van der Waals surface area contributed by atoms with E-state index in [-0.39, 0.29) is 11.9 Å². The number of nitrogens with zero attached hydrogens (tertiary/aromatic N) is 2. The number of aromatic nitrogens is 2. The third kappa shape index (κ3) is 2.66. The molecule has 0 radical (unpaired) electrons. The number of carbonyl (C=O) groups is 1. The minimum absolute atomic E-state index is 0.0400. The van der Waals surface area contributed by atoms with E-state index in [1.165, 1.54) is 12.8 Å². The van der Waals surface area contributed by atoms with Crippen LogP contribution in [0.1, 0.15) is 43.0 Å². The van der Waals surface area contributed by atoms with Crippen molar-refractivity contribution in [3.8, 4) is 5.88 Å². The predicted molar refractivity (Wildman–Crippen MR) is 79.4 cm³/mol. The van der Waals surface area contributed by atoms with Crippen LogP contribution in [0.25, 0.3) is 0 Å². The van der Waals surface area contributed by atoms with Gasteiger partial charge in [-0.3, -0.25) is 4.79 Å². The second-order valence-electron chi connectivity index (χ2n) is 5.29.